The highest BCUT2D eigenvalue weighted by Crippen LogP contribution is 2.29. The fourth-order valence-corrected chi connectivity index (χ4v) is 0.874. The SMILES string of the molecule is Cc1cn(CO)nc1C(F)(F)F. The van der Waals surface area contributed by atoms with Gasteiger partial charge in [0, 0.05) is 6.20 Å². The summed E-state index contributed by atoms with van der Waals surface area (Å²) in [7, 11) is 0. The first-order chi connectivity index (χ1) is 5.45. The van der Waals surface area contributed by atoms with Crippen LogP contribution in [0.1, 0.15) is 11.3 Å². The fraction of sp³-hybridized carbons (Fsp3) is 0.500. The molecule has 1 rings (SSSR count). The molecule has 0 fully saturated rings. The first-order valence-electron chi connectivity index (χ1n) is 3.17. The number of hydrogen-bond donors (Lipinski definition) is 1. The number of nitrogens with zero attached hydrogens (tertiary/aromatic N) is 2. The van der Waals surface area contributed by atoms with Crippen molar-refractivity contribution < 1.29 is 18.3 Å². The quantitative estimate of drug-likeness (QED) is 0.704. The monoisotopic (exact) mass is 180 g/mol. The van der Waals surface area contributed by atoms with Crippen LogP contribution in [0.2, 0.25) is 0 Å². The Morgan fingerprint density at radius 3 is 2.42 bits per heavy atom. The van der Waals surface area contributed by atoms with Crippen LogP contribution in [-0.4, -0.2) is 14.9 Å². The van der Waals surface area contributed by atoms with E-state index in [4.69, 9.17) is 5.11 Å². The summed E-state index contributed by atoms with van der Waals surface area (Å²) in [6, 6.07) is 0. The smallest absolute Gasteiger partial charge is 0.374 e. The summed E-state index contributed by atoms with van der Waals surface area (Å²) in [5.41, 5.74) is -0.937. The van der Waals surface area contributed by atoms with E-state index < -0.39 is 18.6 Å². The van der Waals surface area contributed by atoms with E-state index in [0.717, 1.165) is 10.9 Å². The number of alkyl halides is 3. The van der Waals surface area contributed by atoms with Gasteiger partial charge in [-0.05, 0) is 12.5 Å². The maximum atomic E-state index is 12.0. The van der Waals surface area contributed by atoms with E-state index in [9.17, 15) is 13.2 Å². The van der Waals surface area contributed by atoms with Crippen molar-refractivity contribution in [2.75, 3.05) is 0 Å². The van der Waals surface area contributed by atoms with Crippen LogP contribution in [0.3, 0.4) is 0 Å². The van der Waals surface area contributed by atoms with Crippen molar-refractivity contribution in [2.24, 2.45) is 0 Å². The third kappa shape index (κ3) is 1.58. The number of rotatable bonds is 1. The van der Waals surface area contributed by atoms with Gasteiger partial charge in [0.25, 0.3) is 0 Å². The van der Waals surface area contributed by atoms with Gasteiger partial charge in [-0.15, -0.1) is 0 Å². The number of aliphatic hydroxyl groups excluding tert-OH is 1. The molecule has 0 aromatic carbocycles. The van der Waals surface area contributed by atoms with E-state index in [1.165, 1.54) is 6.92 Å². The second kappa shape index (κ2) is 2.78. The molecule has 0 saturated carbocycles. The van der Waals surface area contributed by atoms with Crippen molar-refractivity contribution >= 4 is 0 Å². The zero-order chi connectivity index (χ0) is 9.35. The van der Waals surface area contributed by atoms with Crippen molar-refractivity contribution in [3.05, 3.63) is 17.5 Å². The average Bonchev–Trinajstić information content (AvgIpc) is 2.29. The molecule has 0 atom stereocenters. The summed E-state index contributed by atoms with van der Waals surface area (Å²) in [5.74, 6) is 0. The molecular weight excluding hydrogens is 173 g/mol. The Morgan fingerprint density at radius 1 is 1.58 bits per heavy atom. The molecule has 0 amide bonds. The molecule has 1 aromatic heterocycles. The molecule has 68 valence electrons. The van der Waals surface area contributed by atoms with Crippen LogP contribution in [0.15, 0.2) is 6.20 Å². The maximum absolute atomic E-state index is 12.0. The van der Waals surface area contributed by atoms with Crippen LogP contribution >= 0.6 is 0 Å². The molecule has 0 bridgehead atoms. The van der Waals surface area contributed by atoms with E-state index in [0.29, 0.717) is 0 Å². The van der Waals surface area contributed by atoms with Gasteiger partial charge in [0.15, 0.2) is 5.69 Å². The minimum Gasteiger partial charge on any atom is -0.374 e. The Labute approximate surface area is 66.4 Å². The molecule has 0 unspecified atom stereocenters. The third-order valence-corrected chi connectivity index (χ3v) is 1.36. The van der Waals surface area contributed by atoms with Crippen LogP contribution < -0.4 is 0 Å². The molecule has 1 aromatic rings. The topological polar surface area (TPSA) is 38.0 Å². The van der Waals surface area contributed by atoms with Gasteiger partial charge < -0.3 is 5.11 Å². The van der Waals surface area contributed by atoms with Crippen molar-refractivity contribution in [2.45, 2.75) is 19.8 Å². The lowest BCUT2D eigenvalue weighted by Gasteiger charge is -2.01. The zero-order valence-electron chi connectivity index (χ0n) is 6.26. The predicted molar refractivity (Wildman–Crippen MR) is 34.2 cm³/mol. The highest BCUT2D eigenvalue weighted by molar-refractivity contribution is 5.17. The van der Waals surface area contributed by atoms with Gasteiger partial charge in [-0.1, -0.05) is 0 Å². The van der Waals surface area contributed by atoms with E-state index in [-0.39, 0.29) is 5.56 Å². The van der Waals surface area contributed by atoms with Gasteiger partial charge in [0.2, 0.25) is 0 Å². The Kier molecular flexibility index (Phi) is 2.10. The van der Waals surface area contributed by atoms with Crippen LogP contribution in [0.4, 0.5) is 13.2 Å². The molecule has 1 N–H and O–H groups in total. The molecule has 0 aliphatic rings. The molecule has 3 nitrogen and oxygen atoms in total. The van der Waals surface area contributed by atoms with Gasteiger partial charge in [0.1, 0.15) is 6.73 Å². The standard InChI is InChI=1S/C6H7F3N2O/c1-4-2-11(3-12)10-5(4)6(7,8)9/h2,12H,3H2,1H3. The van der Waals surface area contributed by atoms with E-state index in [2.05, 4.69) is 5.10 Å². The molecule has 0 radical (unpaired) electrons. The Balaban J connectivity index is 3.08. The molecule has 0 aliphatic heterocycles. The lowest BCUT2D eigenvalue weighted by Crippen LogP contribution is -2.09. The van der Waals surface area contributed by atoms with Gasteiger partial charge in [0.05, 0.1) is 0 Å². The van der Waals surface area contributed by atoms with Crippen molar-refractivity contribution in [1.29, 1.82) is 0 Å². The highest BCUT2D eigenvalue weighted by Gasteiger charge is 2.35. The zero-order valence-corrected chi connectivity index (χ0v) is 6.26. The van der Waals surface area contributed by atoms with Crippen molar-refractivity contribution in [3.63, 3.8) is 0 Å². The van der Waals surface area contributed by atoms with E-state index >= 15 is 0 Å². The molecule has 12 heavy (non-hydrogen) atoms. The Bertz CT molecular complexity index is 279. The van der Waals surface area contributed by atoms with E-state index in [1.807, 2.05) is 0 Å². The second-order valence-electron chi connectivity index (χ2n) is 2.34. The van der Waals surface area contributed by atoms with Gasteiger partial charge in [-0.3, -0.25) is 0 Å². The summed E-state index contributed by atoms with van der Waals surface area (Å²) in [6.45, 7) is 0.749. The van der Waals surface area contributed by atoms with Crippen LogP contribution in [0.5, 0.6) is 0 Å². The first kappa shape index (κ1) is 9.05. The van der Waals surface area contributed by atoms with Crippen molar-refractivity contribution in [1.82, 2.24) is 9.78 Å². The molecule has 1 heterocycles. The van der Waals surface area contributed by atoms with Crippen LogP contribution in [0.25, 0.3) is 0 Å². The van der Waals surface area contributed by atoms with Crippen LogP contribution in [-0.2, 0) is 12.9 Å². The minimum absolute atomic E-state index is 0.0107. The molecule has 0 aliphatic carbocycles. The minimum atomic E-state index is -4.44. The summed E-state index contributed by atoms with van der Waals surface area (Å²) >= 11 is 0. The number of aliphatic hydroxyl groups is 1. The highest BCUT2D eigenvalue weighted by atomic mass is 19.4. The number of aromatic nitrogens is 2. The summed E-state index contributed by atoms with van der Waals surface area (Å²) in [4.78, 5) is 0. The lowest BCUT2D eigenvalue weighted by molar-refractivity contribution is -0.142. The number of halogens is 3. The molecule has 0 spiro atoms. The number of aryl methyl sites for hydroxylation is 1. The van der Waals surface area contributed by atoms with Gasteiger partial charge in [-0.25, -0.2) is 4.68 Å². The van der Waals surface area contributed by atoms with Crippen molar-refractivity contribution in [3.8, 4) is 0 Å². The van der Waals surface area contributed by atoms with Gasteiger partial charge in [-0.2, -0.15) is 18.3 Å². The molecular formula is C6H7F3N2O. The summed E-state index contributed by atoms with van der Waals surface area (Å²) < 4.78 is 37.0. The first-order valence-corrected chi connectivity index (χ1v) is 3.17. The fourth-order valence-electron chi connectivity index (χ4n) is 0.874. The largest absolute Gasteiger partial charge is 0.435 e. The molecule has 6 heteroatoms. The second-order valence-corrected chi connectivity index (χ2v) is 2.34. The van der Waals surface area contributed by atoms with E-state index in [1.54, 1.807) is 0 Å². The Hall–Kier alpha value is -1.04. The predicted octanol–water partition coefficient (Wildman–Crippen LogP) is 1.16. The summed E-state index contributed by atoms with van der Waals surface area (Å²) in [6.07, 6.45) is -3.30. The van der Waals surface area contributed by atoms with Gasteiger partial charge >= 0.3 is 6.18 Å². The average molecular weight is 180 g/mol. The van der Waals surface area contributed by atoms with Crippen LogP contribution in [0, 0.1) is 6.92 Å². The maximum Gasteiger partial charge on any atom is 0.435 e. The third-order valence-electron chi connectivity index (χ3n) is 1.36. The Morgan fingerprint density at radius 2 is 2.17 bits per heavy atom. The number of hydrogen-bond acceptors (Lipinski definition) is 2. The lowest BCUT2D eigenvalue weighted by atomic mass is 10.3. The molecule has 0 saturated heterocycles. The normalized spacial score (nSPS) is 12.1. The summed E-state index contributed by atoms with van der Waals surface area (Å²) in [5, 5.41) is 11.6.